The Bertz CT molecular complexity index is 830. The number of carbonyl (C=O) groups excluding carboxylic acids is 2. The third-order valence-corrected chi connectivity index (χ3v) is 4.10. The topological polar surface area (TPSA) is 86.2 Å². The standard InChI is InChI=1S/C18H18N2O2/c1-18(2,3)12-8-11-13(15(20)14(12)19)17(22)10-7-5-4-6-9(10)16(11)21/h4-8H,19-20H2,1-3H3. The number of benzene rings is 2. The molecule has 1 aliphatic carbocycles. The number of nitrogens with two attached hydrogens (primary N) is 2. The number of carbonyl (C=O) groups is 2. The lowest BCUT2D eigenvalue weighted by atomic mass is 9.77. The lowest BCUT2D eigenvalue weighted by molar-refractivity contribution is 0.0979. The van der Waals surface area contributed by atoms with Gasteiger partial charge in [0.1, 0.15) is 0 Å². The van der Waals surface area contributed by atoms with Crippen LogP contribution in [0.2, 0.25) is 0 Å². The van der Waals surface area contributed by atoms with Crippen molar-refractivity contribution in [3.05, 3.63) is 58.1 Å². The van der Waals surface area contributed by atoms with Gasteiger partial charge in [-0.1, -0.05) is 45.0 Å². The summed E-state index contributed by atoms with van der Waals surface area (Å²) in [6.45, 7) is 5.98. The van der Waals surface area contributed by atoms with E-state index in [0.29, 0.717) is 22.4 Å². The second-order valence-corrected chi connectivity index (χ2v) is 6.63. The van der Waals surface area contributed by atoms with E-state index in [1.807, 2.05) is 20.8 Å². The van der Waals surface area contributed by atoms with Crippen LogP contribution in [-0.2, 0) is 5.41 Å². The molecular formula is C18H18N2O2. The fraction of sp³-hybridized carbons (Fsp3) is 0.222. The summed E-state index contributed by atoms with van der Waals surface area (Å²) in [6.07, 6.45) is 0. The summed E-state index contributed by atoms with van der Waals surface area (Å²) in [5.74, 6) is -0.419. The lowest BCUT2D eigenvalue weighted by Gasteiger charge is -2.27. The molecule has 0 radical (unpaired) electrons. The van der Waals surface area contributed by atoms with Crippen molar-refractivity contribution in [2.45, 2.75) is 26.2 Å². The first-order valence-corrected chi connectivity index (χ1v) is 7.14. The van der Waals surface area contributed by atoms with Crippen molar-refractivity contribution in [2.24, 2.45) is 0 Å². The van der Waals surface area contributed by atoms with Gasteiger partial charge in [-0.3, -0.25) is 9.59 Å². The van der Waals surface area contributed by atoms with Crippen LogP contribution >= 0.6 is 0 Å². The van der Waals surface area contributed by atoms with Crippen LogP contribution in [-0.4, -0.2) is 11.6 Å². The summed E-state index contributed by atoms with van der Waals surface area (Å²) in [5.41, 5.74) is 14.7. The minimum atomic E-state index is -0.270. The Morgan fingerprint density at radius 1 is 0.818 bits per heavy atom. The maximum atomic E-state index is 12.7. The van der Waals surface area contributed by atoms with E-state index in [2.05, 4.69) is 0 Å². The van der Waals surface area contributed by atoms with Gasteiger partial charge in [-0.05, 0) is 17.0 Å². The van der Waals surface area contributed by atoms with Crippen molar-refractivity contribution < 1.29 is 9.59 Å². The Balaban J connectivity index is 2.37. The van der Waals surface area contributed by atoms with Crippen molar-refractivity contribution in [3.8, 4) is 0 Å². The lowest BCUT2D eigenvalue weighted by Crippen LogP contribution is -2.25. The summed E-state index contributed by atoms with van der Waals surface area (Å²) < 4.78 is 0. The number of anilines is 2. The summed E-state index contributed by atoms with van der Waals surface area (Å²) in [7, 11) is 0. The molecule has 0 aromatic heterocycles. The maximum absolute atomic E-state index is 12.7. The minimum Gasteiger partial charge on any atom is -0.397 e. The molecule has 2 aromatic rings. The zero-order valence-electron chi connectivity index (χ0n) is 12.9. The molecule has 0 fully saturated rings. The average molecular weight is 294 g/mol. The van der Waals surface area contributed by atoms with Gasteiger partial charge in [-0.15, -0.1) is 0 Å². The van der Waals surface area contributed by atoms with Gasteiger partial charge in [-0.2, -0.15) is 0 Å². The van der Waals surface area contributed by atoms with Gasteiger partial charge in [0.05, 0.1) is 16.9 Å². The van der Waals surface area contributed by atoms with E-state index >= 15 is 0 Å². The van der Waals surface area contributed by atoms with Crippen LogP contribution in [0.1, 0.15) is 58.2 Å². The van der Waals surface area contributed by atoms with Gasteiger partial charge in [0.25, 0.3) is 0 Å². The molecule has 0 saturated carbocycles. The first kappa shape index (κ1) is 14.3. The highest BCUT2D eigenvalue weighted by Crippen LogP contribution is 2.39. The quantitative estimate of drug-likeness (QED) is 0.624. The Hall–Kier alpha value is -2.62. The third-order valence-electron chi connectivity index (χ3n) is 4.10. The van der Waals surface area contributed by atoms with E-state index in [0.717, 1.165) is 5.56 Å². The van der Waals surface area contributed by atoms with E-state index in [1.54, 1.807) is 30.3 Å². The largest absolute Gasteiger partial charge is 0.397 e. The number of rotatable bonds is 0. The molecule has 1 aliphatic rings. The molecule has 0 saturated heterocycles. The highest BCUT2D eigenvalue weighted by Gasteiger charge is 2.34. The van der Waals surface area contributed by atoms with E-state index in [4.69, 9.17) is 11.5 Å². The maximum Gasteiger partial charge on any atom is 0.196 e. The molecule has 0 aliphatic heterocycles. The van der Waals surface area contributed by atoms with E-state index in [1.165, 1.54) is 0 Å². The van der Waals surface area contributed by atoms with E-state index < -0.39 is 0 Å². The van der Waals surface area contributed by atoms with E-state index in [9.17, 15) is 9.59 Å². The summed E-state index contributed by atoms with van der Waals surface area (Å²) in [6, 6.07) is 8.52. The van der Waals surface area contributed by atoms with Crippen LogP contribution in [0.3, 0.4) is 0 Å². The Morgan fingerprint density at radius 2 is 1.36 bits per heavy atom. The minimum absolute atomic E-state index is 0.178. The molecule has 0 bridgehead atoms. The Labute approximate surface area is 129 Å². The molecule has 4 nitrogen and oxygen atoms in total. The van der Waals surface area contributed by atoms with Gasteiger partial charge >= 0.3 is 0 Å². The predicted molar refractivity (Wildman–Crippen MR) is 87.3 cm³/mol. The smallest absolute Gasteiger partial charge is 0.196 e. The number of ketones is 2. The molecule has 3 rings (SSSR count). The van der Waals surface area contributed by atoms with Crippen LogP contribution < -0.4 is 11.5 Å². The second-order valence-electron chi connectivity index (χ2n) is 6.63. The normalized spacial score (nSPS) is 13.8. The van der Waals surface area contributed by atoms with E-state index in [-0.39, 0.29) is 28.2 Å². The molecule has 0 heterocycles. The van der Waals surface area contributed by atoms with Crippen LogP contribution in [0.4, 0.5) is 11.4 Å². The molecule has 0 amide bonds. The van der Waals surface area contributed by atoms with Gasteiger partial charge in [-0.25, -0.2) is 0 Å². The van der Waals surface area contributed by atoms with Crippen LogP contribution in [0.15, 0.2) is 30.3 Å². The number of fused-ring (bicyclic) bond motifs is 2. The van der Waals surface area contributed by atoms with Gasteiger partial charge in [0, 0.05) is 16.7 Å². The number of nitrogen functional groups attached to an aromatic ring is 2. The summed E-state index contributed by atoms with van der Waals surface area (Å²) >= 11 is 0. The van der Waals surface area contributed by atoms with Crippen molar-refractivity contribution in [1.29, 1.82) is 0 Å². The Morgan fingerprint density at radius 3 is 1.91 bits per heavy atom. The zero-order chi connectivity index (χ0) is 16.2. The van der Waals surface area contributed by atoms with Crippen LogP contribution in [0, 0.1) is 0 Å². The average Bonchev–Trinajstić information content (AvgIpc) is 2.46. The molecule has 4 N–H and O–H groups in total. The Kier molecular flexibility index (Phi) is 2.89. The van der Waals surface area contributed by atoms with Crippen LogP contribution in [0.5, 0.6) is 0 Å². The molecule has 22 heavy (non-hydrogen) atoms. The fourth-order valence-electron chi connectivity index (χ4n) is 2.92. The van der Waals surface area contributed by atoms with Crippen molar-refractivity contribution in [3.63, 3.8) is 0 Å². The van der Waals surface area contributed by atoms with Crippen LogP contribution in [0.25, 0.3) is 0 Å². The molecule has 2 aromatic carbocycles. The molecular weight excluding hydrogens is 276 g/mol. The highest BCUT2D eigenvalue weighted by molar-refractivity contribution is 6.30. The predicted octanol–water partition coefficient (Wildman–Crippen LogP) is 2.92. The monoisotopic (exact) mass is 294 g/mol. The molecule has 0 spiro atoms. The summed E-state index contributed by atoms with van der Waals surface area (Å²) in [4.78, 5) is 25.4. The first-order chi connectivity index (χ1) is 10.2. The molecule has 112 valence electrons. The van der Waals surface area contributed by atoms with Crippen molar-refractivity contribution >= 4 is 22.9 Å². The third kappa shape index (κ3) is 1.84. The zero-order valence-corrected chi connectivity index (χ0v) is 12.9. The number of hydrogen-bond acceptors (Lipinski definition) is 4. The molecule has 0 atom stereocenters. The first-order valence-electron chi connectivity index (χ1n) is 7.14. The van der Waals surface area contributed by atoms with Crippen molar-refractivity contribution in [2.75, 3.05) is 11.5 Å². The highest BCUT2D eigenvalue weighted by atomic mass is 16.1. The molecule has 0 unspecified atom stereocenters. The molecule has 4 heteroatoms. The second kappa shape index (κ2) is 4.44. The fourth-order valence-corrected chi connectivity index (χ4v) is 2.92. The SMILES string of the molecule is CC(C)(C)c1cc2c(c(N)c1N)C(=O)c1ccccc1C2=O. The number of hydrogen-bond donors (Lipinski definition) is 2. The van der Waals surface area contributed by atoms with Gasteiger partial charge < -0.3 is 11.5 Å². The van der Waals surface area contributed by atoms with Gasteiger partial charge in [0.15, 0.2) is 11.6 Å². The van der Waals surface area contributed by atoms with Gasteiger partial charge in [0.2, 0.25) is 0 Å². The van der Waals surface area contributed by atoms with Crippen molar-refractivity contribution in [1.82, 2.24) is 0 Å². The summed E-state index contributed by atoms with van der Waals surface area (Å²) in [5, 5.41) is 0.